The second-order valence-corrected chi connectivity index (χ2v) is 4.23. The highest BCUT2D eigenvalue weighted by Crippen LogP contribution is 2.23. The molecule has 92 valence electrons. The molecule has 1 heterocycles. The highest BCUT2D eigenvalue weighted by atomic mass is 16.4. The predicted molar refractivity (Wildman–Crippen MR) is 58.3 cm³/mol. The summed E-state index contributed by atoms with van der Waals surface area (Å²) in [5, 5.41) is 18.1. The zero-order chi connectivity index (χ0) is 12.1. The molecule has 1 aliphatic heterocycles. The highest BCUT2D eigenvalue weighted by molar-refractivity contribution is 5.77. The Morgan fingerprint density at radius 1 is 1.44 bits per heavy atom. The van der Waals surface area contributed by atoms with Crippen molar-refractivity contribution in [3.8, 4) is 0 Å². The number of carboxylic acid groups (broad SMARTS) is 2. The molecule has 5 nitrogen and oxygen atoms in total. The first-order chi connectivity index (χ1) is 7.57. The fraction of sp³-hybridized carbons (Fsp3) is 0.818. The van der Waals surface area contributed by atoms with Gasteiger partial charge in [0.05, 0.1) is 0 Å². The van der Waals surface area contributed by atoms with Crippen molar-refractivity contribution in [3.63, 3.8) is 0 Å². The van der Waals surface area contributed by atoms with Gasteiger partial charge in [0.25, 0.3) is 0 Å². The molecular formula is C11H19NO4. The van der Waals surface area contributed by atoms with Gasteiger partial charge in [-0.1, -0.05) is 19.8 Å². The van der Waals surface area contributed by atoms with Crippen LogP contribution in [0.15, 0.2) is 0 Å². The van der Waals surface area contributed by atoms with Crippen LogP contribution in [-0.2, 0) is 9.59 Å². The third kappa shape index (κ3) is 2.95. The standard InChI is InChI=1S/C11H19NO4/c1-2-3-5-8(10(13)14)12-7-4-6-9(12)11(15)16/h8-9H,2-7H2,1H3,(H,13,14)(H,15,16). The number of hydrogen-bond donors (Lipinski definition) is 2. The summed E-state index contributed by atoms with van der Waals surface area (Å²) >= 11 is 0. The van der Waals surface area contributed by atoms with Crippen molar-refractivity contribution in [1.82, 2.24) is 4.90 Å². The fourth-order valence-corrected chi connectivity index (χ4v) is 2.26. The van der Waals surface area contributed by atoms with E-state index in [9.17, 15) is 9.59 Å². The maximum Gasteiger partial charge on any atom is 0.320 e. The van der Waals surface area contributed by atoms with Gasteiger partial charge < -0.3 is 10.2 Å². The van der Waals surface area contributed by atoms with Crippen LogP contribution in [0.1, 0.15) is 39.0 Å². The molecule has 0 aliphatic carbocycles. The fourth-order valence-electron chi connectivity index (χ4n) is 2.26. The maximum atomic E-state index is 11.1. The van der Waals surface area contributed by atoms with Gasteiger partial charge in [0.1, 0.15) is 12.1 Å². The summed E-state index contributed by atoms with van der Waals surface area (Å²) < 4.78 is 0. The molecule has 1 aliphatic rings. The number of nitrogens with zero attached hydrogens (tertiary/aromatic N) is 1. The van der Waals surface area contributed by atoms with Gasteiger partial charge >= 0.3 is 11.9 Å². The molecule has 1 saturated heterocycles. The largest absolute Gasteiger partial charge is 0.480 e. The monoisotopic (exact) mass is 229 g/mol. The molecule has 0 aromatic rings. The molecule has 2 unspecified atom stereocenters. The van der Waals surface area contributed by atoms with Gasteiger partial charge in [0, 0.05) is 0 Å². The van der Waals surface area contributed by atoms with Gasteiger partial charge in [0.2, 0.25) is 0 Å². The Morgan fingerprint density at radius 3 is 2.62 bits per heavy atom. The van der Waals surface area contributed by atoms with Gasteiger partial charge in [-0.25, -0.2) is 0 Å². The summed E-state index contributed by atoms with van der Waals surface area (Å²) in [6.07, 6.45) is 3.61. The molecule has 1 rings (SSSR count). The first-order valence-corrected chi connectivity index (χ1v) is 5.79. The number of hydrogen-bond acceptors (Lipinski definition) is 3. The molecule has 0 spiro atoms. The summed E-state index contributed by atoms with van der Waals surface area (Å²) in [5.74, 6) is -1.80. The molecule has 0 saturated carbocycles. The maximum absolute atomic E-state index is 11.1. The van der Waals surface area contributed by atoms with Crippen molar-refractivity contribution in [1.29, 1.82) is 0 Å². The predicted octanol–water partition coefficient (Wildman–Crippen LogP) is 1.18. The van der Waals surface area contributed by atoms with Crippen LogP contribution < -0.4 is 0 Å². The molecule has 2 atom stereocenters. The van der Waals surface area contributed by atoms with E-state index in [-0.39, 0.29) is 0 Å². The van der Waals surface area contributed by atoms with E-state index in [4.69, 9.17) is 10.2 Å². The molecule has 0 radical (unpaired) electrons. The minimum Gasteiger partial charge on any atom is -0.480 e. The van der Waals surface area contributed by atoms with E-state index in [1.165, 1.54) is 0 Å². The number of carboxylic acids is 2. The second-order valence-electron chi connectivity index (χ2n) is 4.23. The van der Waals surface area contributed by atoms with E-state index in [0.29, 0.717) is 19.4 Å². The topological polar surface area (TPSA) is 77.8 Å². The van der Waals surface area contributed by atoms with Crippen molar-refractivity contribution >= 4 is 11.9 Å². The zero-order valence-corrected chi connectivity index (χ0v) is 9.56. The number of rotatable bonds is 6. The lowest BCUT2D eigenvalue weighted by atomic mass is 10.1. The Bertz CT molecular complexity index is 267. The van der Waals surface area contributed by atoms with Crippen LogP contribution in [0.25, 0.3) is 0 Å². The molecule has 1 fully saturated rings. The van der Waals surface area contributed by atoms with Gasteiger partial charge in [-0.15, -0.1) is 0 Å². The third-order valence-corrected chi connectivity index (χ3v) is 3.10. The smallest absolute Gasteiger partial charge is 0.320 e. The normalized spacial score (nSPS) is 23.2. The van der Waals surface area contributed by atoms with E-state index in [1.54, 1.807) is 4.90 Å². The van der Waals surface area contributed by atoms with Crippen LogP contribution in [0.5, 0.6) is 0 Å². The molecule has 0 aromatic heterocycles. The van der Waals surface area contributed by atoms with Crippen LogP contribution in [-0.4, -0.2) is 45.7 Å². The summed E-state index contributed by atoms with van der Waals surface area (Å²) in [7, 11) is 0. The summed E-state index contributed by atoms with van der Waals surface area (Å²) in [5.41, 5.74) is 0. The summed E-state index contributed by atoms with van der Waals surface area (Å²) in [6.45, 7) is 2.58. The van der Waals surface area contributed by atoms with Crippen LogP contribution in [0, 0.1) is 0 Å². The lowest BCUT2D eigenvalue weighted by Gasteiger charge is -2.27. The van der Waals surface area contributed by atoms with Crippen LogP contribution in [0.3, 0.4) is 0 Å². The first kappa shape index (κ1) is 13.0. The molecule has 5 heteroatoms. The number of likely N-dealkylation sites (tertiary alicyclic amines) is 1. The SMILES string of the molecule is CCCCC(C(=O)O)N1CCCC1C(=O)O. The Balaban J connectivity index is 2.69. The summed E-state index contributed by atoms with van der Waals surface area (Å²) in [4.78, 5) is 23.7. The van der Waals surface area contributed by atoms with E-state index in [0.717, 1.165) is 19.3 Å². The quantitative estimate of drug-likeness (QED) is 0.715. The number of carbonyl (C=O) groups is 2. The average Bonchev–Trinajstić information content (AvgIpc) is 2.66. The van der Waals surface area contributed by atoms with Crippen molar-refractivity contribution in [2.45, 2.75) is 51.1 Å². The first-order valence-electron chi connectivity index (χ1n) is 5.79. The van der Waals surface area contributed by atoms with Crippen LogP contribution in [0.4, 0.5) is 0 Å². The molecule has 0 amide bonds. The highest BCUT2D eigenvalue weighted by Gasteiger charge is 2.38. The Hall–Kier alpha value is -1.10. The zero-order valence-electron chi connectivity index (χ0n) is 9.56. The number of unbranched alkanes of at least 4 members (excludes halogenated alkanes) is 1. The van der Waals surface area contributed by atoms with Gasteiger partial charge in [-0.2, -0.15) is 0 Å². The molecular weight excluding hydrogens is 210 g/mol. The molecule has 2 N–H and O–H groups in total. The van der Waals surface area contributed by atoms with E-state index < -0.39 is 24.0 Å². The summed E-state index contributed by atoms with van der Waals surface area (Å²) in [6, 6.07) is -1.25. The number of aliphatic carboxylic acids is 2. The average molecular weight is 229 g/mol. The Labute approximate surface area is 95.1 Å². The molecule has 0 aromatic carbocycles. The lowest BCUT2D eigenvalue weighted by molar-refractivity contribution is -0.149. The lowest BCUT2D eigenvalue weighted by Crippen LogP contribution is -2.47. The van der Waals surface area contributed by atoms with E-state index in [1.807, 2.05) is 6.92 Å². The minimum absolute atomic E-state index is 0.537. The van der Waals surface area contributed by atoms with Crippen molar-refractivity contribution < 1.29 is 19.8 Å². The van der Waals surface area contributed by atoms with Crippen LogP contribution >= 0.6 is 0 Å². The van der Waals surface area contributed by atoms with Crippen molar-refractivity contribution in [2.75, 3.05) is 6.54 Å². The van der Waals surface area contributed by atoms with Crippen molar-refractivity contribution in [2.24, 2.45) is 0 Å². The van der Waals surface area contributed by atoms with E-state index >= 15 is 0 Å². The second kappa shape index (κ2) is 5.84. The molecule has 16 heavy (non-hydrogen) atoms. The third-order valence-electron chi connectivity index (χ3n) is 3.10. The minimum atomic E-state index is -0.903. The van der Waals surface area contributed by atoms with Gasteiger partial charge in [-0.05, 0) is 25.8 Å². The van der Waals surface area contributed by atoms with Gasteiger partial charge in [0.15, 0.2) is 0 Å². The van der Waals surface area contributed by atoms with Crippen LogP contribution in [0.2, 0.25) is 0 Å². The van der Waals surface area contributed by atoms with Crippen molar-refractivity contribution in [3.05, 3.63) is 0 Å². The van der Waals surface area contributed by atoms with E-state index in [2.05, 4.69) is 0 Å². The Morgan fingerprint density at radius 2 is 2.12 bits per heavy atom. The molecule has 0 bridgehead atoms. The van der Waals surface area contributed by atoms with Gasteiger partial charge in [-0.3, -0.25) is 14.5 Å². The Kier molecular flexibility index (Phi) is 4.73.